The SMILES string of the molecule is CCOP(=O)(OCC)c1cc2c(cn1)[nH]c1cccc(OCc3ccccc3)c12.CCOP(=O)(OCC)c1cc2c(cn1)[nH]c1ccccc12. The maximum Gasteiger partial charge on any atom is 0.379 e. The van der Waals surface area contributed by atoms with Gasteiger partial charge in [0.2, 0.25) is 0 Å². The van der Waals surface area contributed by atoms with Crippen LogP contribution in [0.2, 0.25) is 0 Å². The third-order valence-electron chi connectivity index (χ3n) is 7.83. The van der Waals surface area contributed by atoms with E-state index in [4.69, 9.17) is 22.8 Å². The molecule has 0 saturated carbocycles. The second-order valence-electron chi connectivity index (χ2n) is 11.1. The quantitative estimate of drug-likeness (QED) is 0.112. The number of hydrogen-bond donors (Lipinski definition) is 2. The van der Waals surface area contributed by atoms with Crippen molar-refractivity contribution in [3.63, 3.8) is 0 Å². The smallest absolute Gasteiger partial charge is 0.379 e. The molecule has 0 bridgehead atoms. The van der Waals surface area contributed by atoms with E-state index in [2.05, 4.69) is 19.9 Å². The van der Waals surface area contributed by atoms with Crippen molar-refractivity contribution in [3.8, 4) is 5.75 Å². The minimum absolute atomic E-state index is 0.274. The van der Waals surface area contributed by atoms with E-state index in [9.17, 15) is 9.13 Å². The van der Waals surface area contributed by atoms with E-state index in [1.807, 2.05) is 72.8 Å². The Morgan fingerprint density at radius 2 is 1.08 bits per heavy atom. The number of rotatable bonds is 13. The summed E-state index contributed by atoms with van der Waals surface area (Å²) in [5.74, 6) is 0.748. The maximum atomic E-state index is 13.2. The van der Waals surface area contributed by atoms with E-state index < -0.39 is 15.2 Å². The summed E-state index contributed by atoms with van der Waals surface area (Å²) in [7, 11) is -6.83. The Morgan fingerprint density at radius 3 is 1.70 bits per heavy atom. The van der Waals surface area contributed by atoms with Gasteiger partial charge in [-0.1, -0.05) is 54.6 Å². The molecule has 4 heterocycles. The van der Waals surface area contributed by atoms with Crippen LogP contribution in [0.1, 0.15) is 33.3 Å². The van der Waals surface area contributed by atoms with Crippen LogP contribution < -0.4 is 15.6 Å². The molecule has 4 aromatic heterocycles. The Labute approximate surface area is 290 Å². The molecule has 7 aromatic rings. The first-order valence-electron chi connectivity index (χ1n) is 16.5. The predicted molar refractivity (Wildman–Crippen MR) is 199 cm³/mol. The van der Waals surface area contributed by atoms with Crippen LogP contribution in [0.3, 0.4) is 0 Å². The van der Waals surface area contributed by atoms with Gasteiger partial charge in [-0.3, -0.25) is 9.13 Å². The summed E-state index contributed by atoms with van der Waals surface area (Å²) in [5, 5.41) is 3.82. The van der Waals surface area contributed by atoms with Crippen molar-refractivity contribution in [2.75, 3.05) is 26.4 Å². The van der Waals surface area contributed by atoms with E-state index in [-0.39, 0.29) is 13.2 Å². The topological polar surface area (TPSA) is 138 Å². The second-order valence-corrected chi connectivity index (χ2v) is 15.0. The summed E-state index contributed by atoms with van der Waals surface area (Å²) in [6.07, 6.45) is 3.34. The van der Waals surface area contributed by atoms with E-state index in [1.54, 1.807) is 52.2 Å². The van der Waals surface area contributed by atoms with Gasteiger partial charge in [0.1, 0.15) is 12.4 Å². The van der Waals surface area contributed by atoms with E-state index >= 15 is 0 Å². The van der Waals surface area contributed by atoms with Gasteiger partial charge in [0.25, 0.3) is 0 Å². The molecule has 0 spiro atoms. The number of nitrogens with one attached hydrogen (secondary N) is 2. The van der Waals surface area contributed by atoms with Gasteiger partial charge in [0.05, 0.1) is 55.4 Å². The highest BCUT2D eigenvalue weighted by Gasteiger charge is 2.30. The molecular formula is C37H40N4O7P2. The first-order valence-corrected chi connectivity index (χ1v) is 19.6. The lowest BCUT2D eigenvalue weighted by Crippen LogP contribution is -2.14. The predicted octanol–water partition coefficient (Wildman–Crippen LogP) is 8.79. The van der Waals surface area contributed by atoms with Crippen LogP contribution in [-0.4, -0.2) is 46.4 Å². The number of nitrogens with zero attached hydrogens (tertiary/aromatic N) is 2. The summed E-state index contributed by atoms with van der Waals surface area (Å²) >= 11 is 0. The minimum Gasteiger partial charge on any atom is -0.488 e. The molecule has 13 heteroatoms. The van der Waals surface area contributed by atoms with Crippen molar-refractivity contribution in [1.29, 1.82) is 0 Å². The van der Waals surface area contributed by atoms with Crippen molar-refractivity contribution < 1.29 is 32.0 Å². The number of aromatic nitrogens is 4. The second kappa shape index (κ2) is 15.7. The van der Waals surface area contributed by atoms with E-state index in [0.29, 0.717) is 30.7 Å². The largest absolute Gasteiger partial charge is 0.488 e. The van der Waals surface area contributed by atoms with Crippen LogP contribution in [-0.2, 0) is 33.8 Å². The Balaban J connectivity index is 0.000000182. The fraction of sp³-hybridized carbons (Fsp3) is 0.243. The zero-order valence-electron chi connectivity index (χ0n) is 28.4. The molecule has 50 heavy (non-hydrogen) atoms. The van der Waals surface area contributed by atoms with Crippen molar-refractivity contribution in [2.24, 2.45) is 0 Å². The molecule has 2 N–H and O–H groups in total. The Bertz CT molecular complexity index is 2300. The van der Waals surface area contributed by atoms with Gasteiger partial charge in [-0.05, 0) is 63.6 Å². The molecule has 0 aliphatic rings. The third kappa shape index (κ3) is 7.39. The first kappa shape index (κ1) is 35.5. The highest BCUT2D eigenvalue weighted by molar-refractivity contribution is 7.62. The molecule has 0 fully saturated rings. The molecular weight excluding hydrogens is 674 g/mol. The average Bonchev–Trinajstić information content (AvgIpc) is 3.70. The normalized spacial score (nSPS) is 12.1. The highest BCUT2D eigenvalue weighted by atomic mass is 31.2. The standard InChI is InChI=1S/C22H23N2O4P.C15H17N2O3P/c1-3-27-29(25,28-4-2)21-13-17-19(14-23-21)24-18-11-8-12-20(22(17)18)26-15-16-9-6-5-7-10-16;1-3-19-21(18,20-4-2)15-9-12-11-7-5-6-8-13(11)17-14(12)10-16-15/h5-14,24H,3-4,15H2,1-2H3;5-10,17H,3-4H2,1-2H3. The first-order chi connectivity index (χ1) is 24.3. The fourth-order valence-electron chi connectivity index (χ4n) is 5.72. The van der Waals surface area contributed by atoms with Crippen LogP contribution in [0, 0.1) is 0 Å². The lowest BCUT2D eigenvalue weighted by atomic mass is 10.1. The number of hydrogen-bond acceptors (Lipinski definition) is 9. The van der Waals surface area contributed by atoms with Crippen LogP contribution >= 0.6 is 15.2 Å². The van der Waals surface area contributed by atoms with Gasteiger partial charge in [-0.2, -0.15) is 0 Å². The molecule has 0 unspecified atom stereocenters. The van der Waals surface area contributed by atoms with Crippen molar-refractivity contribution in [3.05, 3.63) is 103 Å². The monoisotopic (exact) mass is 714 g/mol. The summed E-state index contributed by atoms with van der Waals surface area (Å²) < 4.78 is 53.7. The molecule has 260 valence electrons. The number of benzene rings is 3. The Kier molecular flexibility index (Phi) is 11.1. The molecule has 0 saturated heterocycles. The molecule has 0 atom stereocenters. The van der Waals surface area contributed by atoms with Gasteiger partial charge < -0.3 is 32.8 Å². The van der Waals surface area contributed by atoms with Crippen LogP contribution in [0.25, 0.3) is 43.6 Å². The summed E-state index contributed by atoms with van der Waals surface area (Å²) in [6, 6.07) is 27.4. The molecule has 7 rings (SSSR count). The van der Waals surface area contributed by atoms with Crippen LogP contribution in [0.5, 0.6) is 5.75 Å². The van der Waals surface area contributed by atoms with Gasteiger partial charge >= 0.3 is 15.2 Å². The van der Waals surface area contributed by atoms with Gasteiger partial charge in [-0.15, -0.1) is 0 Å². The summed E-state index contributed by atoms with van der Waals surface area (Å²) in [4.78, 5) is 15.2. The molecule has 0 amide bonds. The molecule has 0 radical (unpaired) electrons. The van der Waals surface area contributed by atoms with Gasteiger partial charge in [-0.25, -0.2) is 9.97 Å². The van der Waals surface area contributed by atoms with E-state index in [1.165, 1.54) is 0 Å². The summed E-state index contributed by atoms with van der Waals surface area (Å²) in [6.45, 7) is 8.77. The number of ether oxygens (including phenoxy) is 1. The Morgan fingerprint density at radius 1 is 0.560 bits per heavy atom. The maximum absolute atomic E-state index is 13.2. The molecule has 11 nitrogen and oxygen atoms in total. The fourth-order valence-corrected chi connectivity index (χ4v) is 8.73. The third-order valence-corrected chi connectivity index (χ3v) is 11.8. The number of para-hydroxylation sites is 1. The van der Waals surface area contributed by atoms with Crippen LogP contribution in [0.4, 0.5) is 0 Å². The minimum atomic E-state index is -3.47. The molecule has 3 aromatic carbocycles. The van der Waals surface area contributed by atoms with Crippen molar-refractivity contribution in [1.82, 2.24) is 19.9 Å². The summed E-state index contributed by atoms with van der Waals surface area (Å²) in [5.41, 5.74) is 5.42. The van der Waals surface area contributed by atoms with Crippen LogP contribution in [0.15, 0.2) is 97.3 Å². The molecule has 0 aliphatic carbocycles. The number of aromatic amines is 2. The zero-order valence-corrected chi connectivity index (χ0v) is 30.2. The number of pyridine rings is 2. The van der Waals surface area contributed by atoms with Crippen molar-refractivity contribution in [2.45, 2.75) is 34.3 Å². The molecule has 0 aliphatic heterocycles. The van der Waals surface area contributed by atoms with Gasteiger partial charge in [0, 0.05) is 27.1 Å². The average molecular weight is 715 g/mol. The zero-order chi connectivity index (χ0) is 35.1. The number of fused-ring (bicyclic) bond motifs is 6. The number of H-pyrrole nitrogens is 2. The van der Waals surface area contributed by atoms with E-state index in [0.717, 1.165) is 54.9 Å². The highest BCUT2D eigenvalue weighted by Crippen LogP contribution is 2.48. The lowest BCUT2D eigenvalue weighted by Gasteiger charge is -2.16. The van der Waals surface area contributed by atoms with Gasteiger partial charge in [0.15, 0.2) is 10.9 Å². The Hall–Kier alpha value is -4.34. The van der Waals surface area contributed by atoms with Crippen molar-refractivity contribution >= 4 is 69.7 Å². The lowest BCUT2D eigenvalue weighted by molar-refractivity contribution is 0.228.